The number of alkyl halides is 3. The number of halogens is 3. The molecule has 4 heteroatoms. The van der Waals surface area contributed by atoms with Crippen molar-refractivity contribution >= 4 is 11.6 Å². The van der Waals surface area contributed by atoms with Crippen molar-refractivity contribution in [3.8, 4) is 0 Å². The van der Waals surface area contributed by atoms with Crippen molar-refractivity contribution < 1.29 is 8.78 Å². The van der Waals surface area contributed by atoms with Gasteiger partial charge in [0, 0.05) is 17.5 Å². The molecular weight excluding hydrogens is 268 g/mol. The Morgan fingerprint density at radius 2 is 1.74 bits per heavy atom. The first-order valence-electron chi connectivity index (χ1n) is 6.79. The molecule has 1 N–H and O–H groups in total. The van der Waals surface area contributed by atoms with Gasteiger partial charge in [-0.2, -0.15) is 8.78 Å². The normalized spacial score (nSPS) is 13.8. The van der Waals surface area contributed by atoms with Gasteiger partial charge in [0.2, 0.25) is 0 Å². The van der Waals surface area contributed by atoms with E-state index in [9.17, 15) is 8.78 Å². The van der Waals surface area contributed by atoms with E-state index in [4.69, 9.17) is 11.6 Å². The Labute approximate surface area is 119 Å². The van der Waals surface area contributed by atoms with Crippen molar-refractivity contribution in [2.24, 2.45) is 5.92 Å². The van der Waals surface area contributed by atoms with E-state index in [1.54, 1.807) is 18.2 Å². The van der Waals surface area contributed by atoms with Crippen LogP contribution < -0.4 is 5.32 Å². The molecule has 1 aromatic carbocycles. The molecule has 0 aromatic heterocycles. The highest BCUT2D eigenvalue weighted by Crippen LogP contribution is 2.27. The Balaban J connectivity index is 2.44. The molecule has 0 heterocycles. The molecule has 0 amide bonds. The molecule has 0 aliphatic carbocycles. The number of nitrogens with one attached hydrogen (secondary N) is 1. The van der Waals surface area contributed by atoms with Crippen LogP contribution in [0.3, 0.4) is 0 Å². The third-order valence-electron chi connectivity index (χ3n) is 3.44. The Kier molecular flexibility index (Phi) is 6.73. The molecule has 19 heavy (non-hydrogen) atoms. The van der Waals surface area contributed by atoms with Crippen LogP contribution in [0.5, 0.6) is 0 Å². The smallest absolute Gasteiger partial charge is 0.285 e. The molecule has 0 spiro atoms. The third kappa shape index (κ3) is 5.07. The molecule has 1 unspecified atom stereocenters. The van der Waals surface area contributed by atoms with E-state index >= 15 is 0 Å². The van der Waals surface area contributed by atoms with Crippen LogP contribution in [0.1, 0.15) is 32.3 Å². The molecule has 0 radical (unpaired) electrons. The van der Waals surface area contributed by atoms with E-state index in [-0.39, 0.29) is 17.5 Å². The Hall–Kier alpha value is -0.670. The van der Waals surface area contributed by atoms with E-state index < -0.39 is 5.92 Å². The van der Waals surface area contributed by atoms with Gasteiger partial charge in [-0.3, -0.25) is 0 Å². The molecule has 0 saturated heterocycles. The number of hydrogen-bond donors (Lipinski definition) is 1. The maximum Gasteiger partial charge on any atom is 0.285 e. The first-order valence-corrected chi connectivity index (χ1v) is 7.23. The Bertz CT molecular complexity index is 352. The molecule has 0 saturated carbocycles. The van der Waals surface area contributed by atoms with E-state index in [1.165, 1.54) is 12.1 Å². The van der Waals surface area contributed by atoms with Crippen molar-refractivity contribution in [1.82, 2.24) is 5.32 Å². The molecule has 1 nitrogen and oxygen atoms in total. The highest BCUT2D eigenvalue weighted by molar-refractivity contribution is 6.21. The summed E-state index contributed by atoms with van der Waals surface area (Å²) >= 11 is 6.21. The molecule has 0 aliphatic rings. The van der Waals surface area contributed by atoms with Gasteiger partial charge in [-0.1, -0.05) is 57.0 Å². The first kappa shape index (κ1) is 16.4. The van der Waals surface area contributed by atoms with Gasteiger partial charge in [0.05, 0.1) is 6.54 Å². The lowest BCUT2D eigenvalue weighted by atomic mass is 9.99. The average Bonchev–Trinajstić information content (AvgIpc) is 2.41. The van der Waals surface area contributed by atoms with Crippen LogP contribution in [0.2, 0.25) is 0 Å². The predicted octanol–water partition coefficient (Wildman–Crippen LogP) is 4.41. The van der Waals surface area contributed by atoms with Crippen LogP contribution in [0.15, 0.2) is 30.3 Å². The molecule has 0 bridgehead atoms. The fourth-order valence-corrected chi connectivity index (χ4v) is 2.58. The van der Waals surface area contributed by atoms with Gasteiger partial charge >= 0.3 is 0 Å². The minimum Gasteiger partial charge on any atom is -0.309 e. The summed E-state index contributed by atoms with van der Waals surface area (Å²) in [4.78, 5) is 0. The largest absolute Gasteiger partial charge is 0.309 e. The zero-order valence-corrected chi connectivity index (χ0v) is 12.3. The van der Waals surface area contributed by atoms with Crippen molar-refractivity contribution in [2.45, 2.75) is 38.0 Å². The predicted molar refractivity (Wildman–Crippen MR) is 76.9 cm³/mol. The van der Waals surface area contributed by atoms with Crippen molar-refractivity contribution in [1.29, 1.82) is 0 Å². The minimum atomic E-state index is -2.86. The minimum absolute atomic E-state index is 0.0381. The number of rotatable bonds is 8. The molecule has 1 atom stereocenters. The summed E-state index contributed by atoms with van der Waals surface area (Å²) in [6.45, 7) is 4.18. The standard InChI is InChI=1S/C15H22ClF2N/c1-3-12(4-2)14(16)10-19-11-15(17,18)13-8-6-5-7-9-13/h5-9,12,14,19H,3-4,10-11H2,1-2H3. The van der Waals surface area contributed by atoms with Crippen LogP contribution in [0, 0.1) is 5.92 Å². The van der Waals surface area contributed by atoms with E-state index in [1.807, 2.05) is 0 Å². The molecule has 108 valence electrons. The second-order valence-corrected chi connectivity index (χ2v) is 5.35. The summed E-state index contributed by atoms with van der Waals surface area (Å²) in [5.74, 6) is -2.48. The van der Waals surface area contributed by atoms with E-state index in [0.29, 0.717) is 12.5 Å². The van der Waals surface area contributed by atoms with Crippen LogP contribution in [-0.2, 0) is 5.92 Å². The zero-order valence-electron chi connectivity index (χ0n) is 11.5. The monoisotopic (exact) mass is 289 g/mol. The summed E-state index contributed by atoms with van der Waals surface area (Å²) in [6.07, 6.45) is 1.95. The highest BCUT2D eigenvalue weighted by atomic mass is 35.5. The fraction of sp³-hybridized carbons (Fsp3) is 0.600. The Morgan fingerprint density at radius 3 is 2.26 bits per heavy atom. The van der Waals surface area contributed by atoms with Gasteiger partial charge in [0.15, 0.2) is 0 Å². The van der Waals surface area contributed by atoms with E-state index in [2.05, 4.69) is 19.2 Å². The molecule has 1 aromatic rings. The summed E-state index contributed by atoms with van der Waals surface area (Å²) in [5.41, 5.74) is 0.0381. The molecule has 1 rings (SSSR count). The summed E-state index contributed by atoms with van der Waals surface area (Å²) in [5, 5.41) is 2.70. The van der Waals surface area contributed by atoms with Gasteiger partial charge in [-0.05, 0) is 5.92 Å². The maximum absolute atomic E-state index is 13.9. The second kappa shape index (κ2) is 7.81. The third-order valence-corrected chi connectivity index (χ3v) is 3.95. The fourth-order valence-electron chi connectivity index (χ4n) is 2.12. The molecule has 0 fully saturated rings. The lowest BCUT2D eigenvalue weighted by Crippen LogP contribution is -2.36. The van der Waals surface area contributed by atoms with Crippen molar-refractivity contribution in [3.05, 3.63) is 35.9 Å². The lowest BCUT2D eigenvalue weighted by molar-refractivity contribution is -0.00315. The van der Waals surface area contributed by atoms with Gasteiger partial charge < -0.3 is 5.32 Å². The number of benzene rings is 1. The van der Waals surface area contributed by atoms with Crippen LogP contribution >= 0.6 is 11.6 Å². The molecular formula is C15H22ClF2N. The first-order chi connectivity index (χ1) is 9.01. The zero-order chi connectivity index (χ0) is 14.3. The quantitative estimate of drug-likeness (QED) is 0.699. The van der Waals surface area contributed by atoms with Crippen molar-refractivity contribution in [3.63, 3.8) is 0 Å². The van der Waals surface area contributed by atoms with Crippen molar-refractivity contribution in [2.75, 3.05) is 13.1 Å². The molecule has 0 aliphatic heterocycles. The lowest BCUT2D eigenvalue weighted by Gasteiger charge is -2.22. The summed E-state index contributed by atoms with van der Waals surface area (Å²) < 4.78 is 27.7. The van der Waals surface area contributed by atoms with Crippen LogP contribution in [0.25, 0.3) is 0 Å². The topological polar surface area (TPSA) is 12.0 Å². The SMILES string of the molecule is CCC(CC)C(Cl)CNCC(F)(F)c1ccccc1. The van der Waals surface area contributed by atoms with Gasteiger partial charge in [0.1, 0.15) is 0 Å². The van der Waals surface area contributed by atoms with Gasteiger partial charge in [-0.15, -0.1) is 11.6 Å². The summed E-state index contributed by atoms with van der Waals surface area (Å²) in [7, 11) is 0. The summed E-state index contributed by atoms with van der Waals surface area (Å²) in [6, 6.07) is 7.87. The highest BCUT2D eigenvalue weighted by Gasteiger charge is 2.31. The van der Waals surface area contributed by atoms with E-state index in [0.717, 1.165) is 12.8 Å². The van der Waals surface area contributed by atoms with Crippen LogP contribution in [-0.4, -0.2) is 18.5 Å². The average molecular weight is 290 g/mol. The second-order valence-electron chi connectivity index (χ2n) is 4.79. The maximum atomic E-state index is 13.9. The Morgan fingerprint density at radius 1 is 1.16 bits per heavy atom. The number of hydrogen-bond acceptors (Lipinski definition) is 1. The van der Waals surface area contributed by atoms with Gasteiger partial charge in [0.25, 0.3) is 5.92 Å². The van der Waals surface area contributed by atoms with Crippen LogP contribution in [0.4, 0.5) is 8.78 Å². The van der Waals surface area contributed by atoms with Gasteiger partial charge in [-0.25, -0.2) is 0 Å².